The molecule has 23 heavy (non-hydrogen) atoms. The van der Waals surface area contributed by atoms with Gasteiger partial charge >= 0.3 is 5.97 Å². The molecule has 1 heterocycles. The summed E-state index contributed by atoms with van der Waals surface area (Å²) in [6.07, 6.45) is 12.3. The predicted molar refractivity (Wildman–Crippen MR) is 91.9 cm³/mol. The molecule has 0 saturated heterocycles. The van der Waals surface area contributed by atoms with Crippen LogP contribution in [-0.2, 0) is 4.79 Å². The van der Waals surface area contributed by atoms with Crippen LogP contribution in [0.4, 0.5) is 0 Å². The Bertz CT molecular complexity index is 715. The lowest BCUT2D eigenvalue weighted by atomic mass is 9.90. The highest BCUT2D eigenvalue weighted by Gasteiger charge is 2.32. The van der Waals surface area contributed by atoms with Gasteiger partial charge < -0.3 is 5.11 Å². The Morgan fingerprint density at radius 2 is 2.13 bits per heavy atom. The van der Waals surface area contributed by atoms with E-state index < -0.39 is 5.97 Å². The van der Waals surface area contributed by atoms with Crippen LogP contribution in [0.25, 0.3) is 5.57 Å². The van der Waals surface area contributed by atoms with Crippen LogP contribution in [0.15, 0.2) is 35.0 Å². The highest BCUT2D eigenvalue weighted by Crippen LogP contribution is 2.37. The lowest BCUT2D eigenvalue weighted by molar-refractivity contribution is -0.141. The molecule has 1 fully saturated rings. The van der Waals surface area contributed by atoms with Gasteiger partial charge in [0, 0.05) is 9.90 Å². The largest absolute Gasteiger partial charge is 0.481 e. The van der Waals surface area contributed by atoms with E-state index in [1.54, 1.807) is 6.20 Å². The van der Waals surface area contributed by atoms with Gasteiger partial charge in [0.1, 0.15) is 0 Å². The summed E-state index contributed by atoms with van der Waals surface area (Å²) in [5, 5.41) is 17.5. The predicted octanol–water partition coefficient (Wildman–Crippen LogP) is 3.96. The van der Waals surface area contributed by atoms with Crippen LogP contribution >= 0.6 is 15.9 Å². The molecule has 0 aromatic carbocycles. The van der Waals surface area contributed by atoms with Crippen LogP contribution in [0.2, 0.25) is 0 Å². The third kappa shape index (κ3) is 3.47. The Balaban J connectivity index is 1.92. The number of hydrogen-bond acceptors (Lipinski definition) is 3. The van der Waals surface area contributed by atoms with Gasteiger partial charge in [0.15, 0.2) is 0 Å². The molecule has 5 nitrogen and oxygen atoms in total. The number of hydrogen-bond donors (Lipinski definition) is 1. The van der Waals surface area contributed by atoms with Crippen LogP contribution < -0.4 is 0 Å². The molecule has 1 aromatic rings. The fourth-order valence-corrected chi connectivity index (χ4v) is 4.07. The second-order valence-electron chi connectivity index (χ2n) is 6.85. The monoisotopic (exact) mass is 377 g/mol. The van der Waals surface area contributed by atoms with Crippen molar-refractivity contribution in [3.05, 3.63) is 40.7 Å². The summed E-state index contributed by atoms with van der Waals surface area (Å²) in [5.41, 5.74) is 1.91. The van der Waals surface area contributed by atoms with Gasteiger partial charge in [-0.1, -0.05) is 53.2 Å². The fraction of sp³-hybridized carbons (Fsp3) is 0.471. The lowest BCUT2D eigenvalue weighted by Crippen LogP contribution is -2.14. The smallest absolute Gasteiger partial charge is 0.306 e. The molecule has 6 heteroatoms. The zero-order valence-electron chi connectivity index (χ0n) is 13.2. The van der Waals surface area contributed by atoms with Crippen molar-refractivity contribution >= 4 is 27.5 Å². The molecule has 0 spiro atoms. The number of carboxylic acid groups (broad SMARTS) is 1. The molecule has 3 rings (SSSR count). The maximum atomic E-state index is 11.2. The topological polar surface area (TPSA) is 68.0 Å². The number of nitrogens with zero attached hydrogens (tertiary/aromatic N) is 3. The van der Waals surface area contributed by atoms with Crippen molar-refractivity contribution in [2.45, 2.75) is 39.2 Å². The average Bonchev–Trinajstić information content (AvgIpc) is 3.08. The number of aromatic nitrogens is 3. The van der Waals surface area contributed by atoms with Gasteiger partial charge in [0.25, 0.3) is 0 Å². The van der Waals surface area contributed by atoms with E-state index in [1.165, 1.54) is 0 Å². The Hall–Kier alpha value is -1.69. The number of carbonyl (C=O) groups is 1. The third-order valence-corrected chi connectivity index (χ3v) is 4.92. The Morgan fingerprint density at radius 1 is 1.35 bits per heavy atom. The van der Waals surface area contributed by atoms with E-state index in [4.69, 9.17) is 0 Å². The van der Waals surface area contributed by atoms with Gasteiger partial charge in [-0.25, -0.2) is 4.68 Å². The first-order chi connectivity index (χ1) is 10.9. The highest BCUT2D eigenvalue weighted by molar-refractivity contribution is 9.11. The minimum atomic E-state index is -0.711. The molecule has 0 aliphatic heterocycles. The van der Waals surface area contributed by atoms with Gasteiger partial charge in [-0.2, -0.15) is 0 Å². The number of rotatable bonds is 3. The van der Waals surface area contributed by atoms with E-state index in [1.807, 2.05) is 16.8 Å². The van der Waals surface area contributed by atoms with Gasteiger partial charge in [-0.15, -0.1) is 5.10 Å². The molecule has 0 amide bonds. The maximum Gasteiger partial charge on any atom is 0.306 e. The van der Waals surface area contributed by atoms with Crippen LogP contribution in [0.1, 0.15) is 44.8 Å². The third-order valence-electron chi connectivity index (χ3n) is 4.43. The first-order valence-corrected chi connectivity index (χ1v) is 8.58. The van der Waals surface area contributed by atoms with E-state index in [0.29, 0.717) is 12.8 Å². The number of aliphatic carboxylic acids is 1. The maximum absolute atomic E-state index is 11.2. The molecular weight excluding hydrogens is 358 g/mol. The van der Waals surface area contributed by atoms with Gasteiger partial charge in [-0.05, 0) is 30.9 Å². The fourth-order valence-electron chi connectivity index (χ4n) is 3.35. The molecule has 0 bridgehead atoms. The van der Waals surface area contributed by atoms with E-state index in [2.05, 4.69) is 52.2 Å². The van der Waals surface area contributed by atoms with Crippen molar-refractivity contribution in [3.8, 4) is 0 Å². The highest BCUT2D eigenvalue weighted by atomic mass is 79.9. The SMILES string of the molecule is CC1(C)C=C(Br)C=CC(c2cnnn2[C@@H]2CC[C@H](C(=O)O)C2)=C1. The molecule has 1 aromatic heterocycles. The second-order valence-corrected chi connectivity index (χ2v) is 7.77. The van der Waals surface area contributed by atoms with Crippen molar-refractivity contribution < 1.29 is 9.90 Å². The average molecular weight is 378 g/mol. The number of halogens is 1. The zero-order chi connectivity index (χ0) is 16.6. The molecule has 0 unspecified atom stereocenters. The normalized spacial score (nSPS) is 26.6. The molecule has 1 N–H and O–H groups in total. The molecule has 1 saturated carbocycles. The van der Waals surface area contributed by atoms with Crippen LogP contribution in [0.3, 0.4) is 0 Å². The van der Waals surface area contributed by atoms with Gasteiger partial charge in [-0.3, -0.25) is 4.79 Å². The molecular formula is C17H20BrN3O2. The zero-order valence-corrected chi connectivity index (χ0v) is 14.8. The van der Waals surface area contributed by atoms with E-state index in [-0.39, 0.29) is 17.4 Å². The van der Waals surface area contributed by atoms with Crippen molar-refractivity contribution in [1.29, 1.82) is 0 Å². The molecule has 2 atom stereocenters. The summed E-state index contributed by atoms with van der Waals surface area (Å²) < 4.78 is 2.94. The summed E-state index contributed by atoms with van der Waals surface area (Å²) in [6, 6.07) is 0.102. The first kappa shape index (κ1) is 16.2. The van der Waals surface area contributed by atoms with Crippen molar-refractivity contribution in [2.24, 2.45) is 11.3 Å². The van der Waals surface area contributed by atoms with E-state index in [0.717, 1.165) is 22.2 Å². The van der Waals surface area contributed by atoms with Gasteiger partial charge in [0.05, 0.1) is 23.9 Å². The Labute approximate surface area is 143 Å². The van der Waals surface area contributed by atoms with Gasteiger partial charge in [0.2, 0.25) is 0 Å². The quantitative estimate of drug-likeness (QED) is 0.865. The Kier molecular flexibility index (Phi) is 4.27. The minimum Gasteiger partial charge on any atom is -0.481 e. The first-order valence-electron chi connectivity index (χ1n) is 7.78. The minimum absolute atomic E-state index is 0.0912. The molecule has 0 radical (unpaired) electrons. The van der Waals surface area contributed by atoms with Crippen LogP contribution in [0.5, 0.6) is 0 Å². The lowest BCUT2D eigenvalue weighted by Gasteiger charge is -2.18. The van der Waals surface area contributed by atoms with Crippen molar-refractivity contribution in [2.75, 3.05) is 0 Å². The summed E-state index contributed by atoms with van der Waals surface area (Å²) in [6.45, 7) is 4.29. The molecule has 2 aliphatic carbocycles. The Morgan fingerprint density at radius 3 is 2.83 bits per heavy atom. The van der Waals surface area contributed by atoms with Crippen molar-refractivity contribution in [3.63, 3.8) is 0 Å². The molecule has 2 aliphatic rings. The van der Waals surface area contributed by atoms with Crippen LogP contribution in [-0.4, -0.2) is 26.1 Å². The number of allylic oxidation sites excluding steroid dienone is 6. The summed E-state index contributed by atoms with van der Waals surface area (Å²) in [4.78, 5) is 11.2. The second kappa shape index (κ2) is 6.07. The molecule has 122 valence electrons. The van der Waals surface area contributed by atoms with E-state index >= 15 is 0 Å². The summed E-state index contributed by atoms with van der Waals surface area (Å²) in [5.74, 6) is -0.986. The standard InChI is InChI=1S/C17H20BrN3O2/c1-17(2)8-12(3-5-13(18)9-17)15-10-19-20-21(15)14-6-4-11(7-14)16(22)23/h3,5,8-11,14H,4,6-7H2,1-2H3,(H,22,23)/t11-,14+/m0/s1. The number of carboxylic acids is 1. The summed E-state index contributed by atoms with van der Waals surface area (Å²) >= 11 is 3.55. The summed E-state index contributed by atoms with van der Waals surface area (Å²) in [7, 11) is 0. The van der Waals surface area contributed by atoms with Crippen molar-refractivity contribution in [1.82, 2.24) is 15.0 Å². The van der Waals surface area contributed by atoms with E-state index in [9.17, 15) is 9.90 Å². The van der Waals surface area contributed by atoms with Crippen LogP contribution in [0, 0.1) is 11.3 Å².